The molecule has 0 aliphatic rings. The number of benzene rings is 2. The quantitative estimate of drug-likeness (QED) is 0.545. The van der Waals surface area contributed by atoms with Crippen molar-refractivity contribution < 1.29 is 14.7 Å². The van der Waals surface area contributed by atoms with Gasteiger partial charge in [0.25, 0.3) is 0 Å². The monoisotopic (exact) mass is 344 g/mol. The topological polar surface area (TPSA) is 63.7 Å². The van der Waals surface area contributed by atoms with Crippen molar-refractivity contribution in [1.29, 1.82) is 0 Å². The molecule has 0 saturated heterocycles. The average Bonchev–Trinajstić information content (AvgIpc) is 2.95. The zero-order chi connectivity index (χ0) is 18.8. The third kappa shape index (κ3) is 2.78. The second kappa shape index (κ2) is 6.69. The number of hydrogen-bond acceptors (Lipinski definition) is 2. The van der Waals surface area contributed by atoms with E-state index in [-0.39, 0.29) is 28.4 Å². The van der Waals surface area contributed by atoms with Gasteiger partial charge in [0, 0.05) is 12.6 Å². The van der Waals surface area contributed by atoms with Crippen LogP contribution < -0.4 is 0 Å². The van der Waals surface area contributed by atoms with Gasteiger partial charge in [-0.1, -0.05) is 54.6 Å². The zero-order valence-electron chi connectivity index (χ0n) is 14.4. The third-order valence-electron chi connectivity index (χ3n) is 4.30. The Labute approximate surface area is 151 Å². The van der Waals surface area contributed by atoms with Gasteiger partial charge in [-0.05, 0) is 23.6 Å². The fourth-order valence-electron chi connectivity index (χ4n) is 3.16. The number of carboxylic acid groups (broad SMARTS) is 1. The summed E-state index contributed by atoms with van der Waals surface area (Å²) in [5, 5.41) is 9.62. The van der Waals surface area contributed by atoms with Crippen LogP contribution in [0.4, 0.5) is 5.69 Å². The predicted molar refractivity (Wildman–Crippen MR) is 99.5 cm³/mol. The molecular weight excluding hydrogens is 328 g/mol. The summed E-state index contributed by atoms with van der Waals surface area (Å²) in [5.41, 5.74) is 3.02. The molecule has 0 fully saturated rings. The molecule has 1 heterocycles. The Hall–Kier alpha value is -3.65. The maximum absolute atomic E-state index is 11.9. The number of Topliss-reactive ketones (excluding diaryl/α,β-unsaturated/α-hetero) is 1. The first-order chi connectivity index (χ1) is 12.5. The molecule has 3 aromatic rings. The smallest absolute Gasteiger partial charge is 0.351 e. The van der Waals surface area contributed by atoms with Gasteiger partial charge in [-0.2, -0.15) is 0 Å². The summed E-state index contributed by atoms with van der Waals surface area (Å²) in [6.07, 6.45) is 0. The molecule has 26 heavy (non-hydrogen) atoms. The van der Waals surface area contributed by atoms with Crippen LogP contribution >= 0.6 is 0 Å². The van der Waals surface area contributed by atoms with Crippen LogP contribution in [-0.4, -0.2) is 21.4 Å². The van der Waals surface area contributed by atoms with Gasteiger partial charge >= 0.3 is 5.97 Å². The Morgan fingerprint density at radius 3 is 1.96 bits per heavy atom. The molecule has 0 saturated carbocycles. The summed E-state index contributed by atoms with van der Waals surface area (Å²) in [5.74, 6) is -1.51. The standard InChI is InChI=1S/C21H16N2O3/c1-13(24)19-18(22-2)17(20(21(25)26)23(19)3)16-11-9-15(10-12-16)14-7-5-4-6-8-14/h4-12H,1,3H3,(H,25,26). The molecule has 0 radical (unpaired) electrons. The van der Waals surface area contributed by atoms with Crippen LogP contribution in [0.3, 0.4) is 0 Å². The fourth-order valence-corrected chi connectivity index (χ4v) is 3.16. The van der Waals surface area contributed by atoms with Crippen LogP contribution in [-0.2, 0) is 7.05 Å². The highest BCUT2D eigenvalue weighted by Crippen LogP contribution is 2.40. The lowest BCUT2D eigenvalue weighted by Gasteiger charge is -2.07. The lowest BCUT2D eigenvalue weighted by atomic mass is 9.99. The highest BCUT2D eigenvalue weighted by Gasteiger charge is 2.28. The summed E-state index contributed by atoms with van der Waals surface area (Å²) in [6.45, 7) is 8.79. The zero-order valence-corrected chi connectivity index (χ0v) is 14.4. The van der Waals surface area contributed by atoms with Crippen molar-refractivity contribution in [3.05, 3.63) is 77.4 Å². The number of ketones is 1. The molecule has 128 valence electrons. The van der Waals surface area contributed by atoms with Crippen LogP contribution in [0.2, 0.25) is 0 Å². The summed E-state index contributed by atoms with van der Waals surface area (Å²) < 4.78 is 1.29. The van der Waals surface area contributed by atoms with E-state index in [4.69, 9.17) is 6.57 Å². The fraction of sp³-hybridized carbons (Fsp3) is 0.0952. The van der Waals surface area contributed by atoms with E-state index in [1.54, 1.807) is 12.1 Å². The number of hydrogen-bond donors (Lipinski definition) is 1. The van der Waals surface area contributed by atoms with E-state index < -0.39 is 5.97 Å². The average molecular weight is 344 g/mol. The van der Waals surface area contributed by atoms with Gasteiger partial charge in [0.15, 0.2) is 5.78 Å². The maximum atomic E-state index is 11.9. The largest absolute Gasteiger partial charge is 0.477 e. The lowest BCUT2D eigenvalue weighted by molar-refractivity contribution is 0.0687. The second-order valence-corrected chi connectivity index (χ2v) is 5.90. The van der Waals surface area contributed by atoms with Crippen molar-refractivity contribution in [1.82, 2.24) is 4.57 Å². The maximum Gasteiger partial charge on any atom is 0.351 e. The van der Waals surface area contributed by atoms with Gasteiger partial charge in [0.2, 0.25) is 5.69 Å². The molecular formula is C21H16N2O3. The van der Waals surface area contributed by atoms with Crippen LogP contribution in [0.25, 0.3) is 27.1 Å². The van der Waals surface area contributed by atoms with Gasteiger partial charge in [-0.15, -0.1) is 0 Å². The van der Waals surface area contributed by atoms with Crippen molar-refractivity contribution in [2.75, 3.05) is 0 Å². The molecule has 1 aromatic heterocycles. The van der Waals surface area contributed by atoms with Crippen LogP contribution in [0.5, 0.6) is 0 Å². The predicted octanol–water partition coefficient (Wildman–Crippen LogP) is 4.81. The Balaban J connectivity index is 2.21. The van der Waals surface area contributed by atoms with Gasteiger partial charge in [-0.3, -0.25) is 4.79 Å². The van der Waals surface area contributed by atoms with Gasteiger partial charge in [-0.25, -0.2) is 9.64 Å². The van der Waals surface area contributed by atoms with Crippen LogP contribution in [0.1, 0.15) is 27.9 Å². The highest BCUT2D eigenvalue weighted by molar-refractivity contribution is 6.09. The number of aromatic nitrogens is 1. The molecule has 0 bridgehead atoms. The molecule has 0 aliphatic heterocycles. The van der Waals surface area contributed by atoms with Gasteiger partial charge < -0.3 is 9.67 Å². The van der Waals surface area contributed by atoms with Crippen molar-refractivity contribution >= 4 is 17.4 Å². The van der Waals surface area contributed by atoms with Crippen LogP contribution in [0.15, 0.2) is 54.6 Å². The first-order valence-electron chi connectivity index (χ1n) is 7.96. The van der Waals surface area contributed by atoms with Crippen LogP contribution in [0, 0.1) is 6.57 Å². The molecule has 3 rings (SSSR count). The van der Waals surface area contributed by atoms with E-state index in [1.165, 1.54) is 18.5 Å². The summed E-state index contributed by atoms with van der Waals surface area (Å²) in [6, 6.07) is 17.1. The molecule has 5 nitrogen and oxygen atoms in total. The number of nitrogens with zero attached hydrogens (tertiary/aromatic N) is 2. The summed E-state index contributed by atoms with van der Waals surface area (Å²) in [4.78, 5) is 27.2. The minimum Gasteiger partial charge on any atom is -0.477 e. The Morgan fingerprint density at radius 2 is 1.46 bits per heavy atom. The summed E-state index contributed by atoms with van der Waals surface area (Å²) in [7, 11) is 1.50. The van der Waals surface area contributed by atoms with E-state index in [0.717, 1.165) is 11.1 Å². The number of carboxylic acids is 1. The SMILES string of the molecule is [C-]#[N+]c1c(-c2ccc(-c3ccccc3)cc2)c(C(=O)O)n(C)c1C(C)=O. The molecule has 0 atom stereocenters. The third-order valence-corrected chi connectivity index (χ3v) is 4.30. The Bertz CT molecular complexity index is 1040. The number of carbonyl (C=O) groups excluding carboxylic acids is 1. The molecule has 2 aromatic carbocycles. The van der Waals surface area contributed by atoms with Gasteiger partial charge in [0.1, 0.15) is 5.69 Å². The van der Waals surface area contributed by atoms with Crippen molar-refractivity contribution in [3.63, 3.8) is 0 Å². The van der Waals surface area contributed by atoms with Crippen molar-refractivity contribution in [2.24, 2.45) is 7.05 Å². The molecule has 0 amide bonds. The van der Waals surface area contributed by atoms with Crippen molar-refractivity contribution in [2.45, 2.75) is 6.92 Å². The van der Waals surface area contributed by atoms with Crippen molar-refractivity contribution in [3.8, 4) is 22.3 Å². The first-order valence-corrected chi connectivity index (χ1v) is 7.96. The Morgan fingerprint density at radius 1 is 0.923 bits per heavy atom. The minimum absolute atomic E-state index is 0.0614. The lowest BCUT2D eigenvalue weighted by Crippen LogP contribution is -2.09. The number of aromatic carboxylic acids is 1. The van der Waals surface area contributed by atoms with E-state index in [2.05, 4.69) is 4.85 Å². The normalized spacial score (nSPS) is 10.3. The molecule has 0 aliphatic carbocycles. The highest BCUT2D eigenvalue weighted by atomic mass is 16.4. The van der Waals surface area contributed by atoms with E-state index >= 15 is 0 Å². The first kappa shape index (κ1) is 17.2. The molecule has 0 spiro atoms. The van der Waals surface area contributed by atoms with Gasteiger partial charge in [0.05, 0.1) is 12.3 Å². The Kier molecular flexibility index (Phi) is 4.42. The van der Waals surface area contributed by atoms with E-state index in [1.807, 2.05) is 42.5 Å². The van der Waals surface area contributed by atoms with E-state index in [0.29, 0.717) is 5.56 Å². The summed E-state index contributed by atoms with van der Waals surface area (Å²) >= 11 is 0. The number of rotatable bonds is 4. The van der Waals surface area contributed by atoms with E-state index in [9.17, 15) is 14.7 Å². The molecule has 0 unspecified atom stereocenters. The number of carbonyl (C=O) groups is 2. The molecule has 5 heteroatoms. The molecule has 1 N–H and O–H groups in total. The second-order valence-electron chi connectivity index (χ2n) is 5.90. The minimum atomic E-state index is -1.17.